The van der Waals surface area contributed by atoms with Crippen LogP contribution in [0.5, 0.6) is 0 Å². The number of rotatable bonds is 6. The first-order chi connectivity index (χ1) is 9.70. The van der Waals surface area contributed by atoms with E-state index >= 15 is 0 Å². The number of hydrogen-bond donors (Lipinski definition) is 2. The molecular weight excluding hydrogens is 270 g/mol. The van der Waals surface area contributed by atoms with Crippen LogP contribution in [-0.2, 0) is 6.42 Å². The average Bonchev–Trinajstić information content (AvgIpc) is 2.92. The Hall–Kier alpha value is -1.88. The van der Waals surface area contributed by atoms with Crippen LogP contribution in [0.3, 0.4) is 0 Å². The zero-order valence-corrected chi connectivity index (χ0v) is 12.6. The van der Waals surface area contributed by atoms with E-state index in [1.807, 2.05) is 30.5 Å². The second-order valence-electron chi connectivity index (χ2n) is 4.49. The van der Waals surface area contributed by atoms with Crippen molar-refractivity contribution in [3.63, 3.8) is 0 Å². The van der Waals surface area contributed by atoms with Gasteiger partial charge in [0.2, 0.25) is 0 Å². The van der Waals surface area contributed by atoms with Gasteiger partial charge in [-0.05, 0) is 37.6 Å². The topological polar surface area (TPSA) is 54.0 Å². The van der Waals surface area contributed by atoms with Gasteiger partial charge < -0.3 is 10.6 Å². The Labute approximate surface area is 123 Å². The minimum atomic E-state index is -0.0258. The third-order valence-electron chi connectivity index (χ3n) is 2.96. The van der Waals surface area contributed by atoms with E-state index in [1.54, 1.807) is 17.5 Å². The van der Waals surface area contributed by atoms with Crippen LogP contribution in [0.2, 0.25) is 0 Å². The average molecular weight is 289 g/mol. The van der Waals surface area contributed by atoms with E-state index in [4.69, 9.17) is 0 Å². The number of aryl methyl sites for hydroxylation is 1. The summed E-state index contributed by atoms with van der Waals surface area (Å²) in [6.07, 6.45) is 2.56. The molecule has 106 valence electrons. The van der Waals surface area contributed by atoms with Crippen molar-refractivity contribution >= 4 is 22.9 Å². The molecule has 0 fully saturated rings. The summed E-state index contributed by atoms with van der Waals surface area (Å²) in [6, 6.07) is 5.80. The minimum absolute atomic E-state index is 0.0258. The highest BCUT2D eigenvalue weighted by molar-refractivity contribution is 7.09. The number of nitrogens with one attached hydrogen (secondary N) is 2. The SMILES string of the molecule is CCNc1ccc(C(=O)NCCc2nccs2)c(C)c1. The molecule has 0 unspecified atom stereocenters. The van der Waals surface area contributed by atoms with Gasteiger partial charge in [0.15, 0.2) is 0 Å². The minimum Gasteiger partial charge on any atom is -0.385 e. The summed E-state index contributed by atoms with van der Waals surface area (Å²) in [5, 5.41) is 9.17. The first-order valence-electron chi connectivity index (χ1n) is 6.71. The molecule has 0 aliphatic heterocycles. The first kappa shape index (κ1) is 14.5. The van der Waals surface area contributed by atoms with Crippen molar-refractivity contribution in [2.45, 2.75) is 20.3 Å². The quantitative estimate of drug-likeness (QED) is 0.860. The summed E-state index contributed by atoms with van der Waals surface area (Å²) >= 11 is 1.61. The smallest absolute Gasteiger partial charge is 0.251 e. The van der Waals surface area contributed by atoms with Crippen LogP contribution in [0.1, 0.15) is 27.9 Å². The fourth-order valence-corrected chi connectivity index (χ4v) is 2.61. The number of hydrogen-bond acceptors (Lipinski definition) is 4. The normalized spacial score (nSPS) is 10.3. The Bertz CT molecular complexity index is 567. The molecule has 0 atom stereocenters. The summed E-state index contributed by atoms with van der Waals surface area (Å²) < 4.78 is 0. The zero-order valence-electron chi connectivity index (χ0n) is 11.8. The lowest BCUT2D eigenvalue weighted by Crippen LogP contribution is -2.26. The van der Waals surface area contributed by atoms with Gasteiger partial charge in [0.25, 0.3) is 5.91 Å². The third kappa shape index (κ3) is 3.81. The molecule has 0 aliphatic carbocycles. The Balaban J connectivity index is 1.91. The second-order valence-corrected chi connectivity index (χ2v) is 5.47. The van der Waals surface area contributed by atoms with Gasteiger partial charge in [-0.2, -0.15) is 0 Å². The van der Waals surface area contributed by atoms with Crippen molar-refractivity contribution < 1.29 is 4.79 Å². The monoisotopic (exact) mass is 289 g/mol. The number of carbonyl (C=O) groups excluding carboxylic acids is 1. The largest absolute Gasteiger partial charge is 0.385 e. The van der Waals surface area contributed by atoms with Crippen molar-refractivity contribution in [3.05, 3.63) is 45.9 Å². The van der Waals surface area contributed by atoms with E-state index in [0.29, 0.717) is 6.54 Å². The highest BCUT2D eigenvalue weighted by Gasteiger charge is 2.09. The molecule has 1 heterocycles. The summed E-state index contributed by atoms with van der Waals surface area (Å²) in [6.45, 7) is 5.49. The van der Waals surface area contributed by atoms with E-state index < -0.39 is 0 Å². The standard InChI is InChI=1S/C15H19N3OS/c1-3-16-12-4-5-13(11(2)10-12)15(19)18-7-6-14-17-8-9-20-14/h4-5,8-10,16H,3,6-7H2,1-2H3,(H,18,19). The number of anilines is 1. The van der Waals surface area contributed by atoms with Gasteiger partial charge in [-0.1, -0.05) is 0 Å². The van der Waals surface area contributed by atoms with Gasteiger partial charge in [-0.15, -0.1) is 11.3 Å². The molecule has 2 rings (SSSR count). The van der Waals surface area contributed by atoms with E-state index in [1.165, 1.54) is 0 Å². The molecule has 1 aromatic carbocycles. The van der Waals surface area contributed by atoms with Crippen molar-refractivity contribution in [2.24, 2.45) is 0 Å². The molecule has 2 N–H and O–H groups in total. The molecule has 1 aromatic heterocycles. The highest BCUT2D eigenvalue weighted by Crippen LogP contribution is 2.15. The second kappa shape index (κ2) is 7.05. The lowest BCUT2D eigenvalue weighted by atomic mass is 10.1. The lowest BCUT2D eigenvalue weighted by Gasteiger charge is -2.09. The molecule has 0 aliphatic rings. The molecule has 2 aromatic rings. The van der Waals surface area contributed by atoms with Crippen LogP contribution < -0.4 is 10.6 Å². The van der Waals surface area contributed by atoms with Gasteiger partial charge in [-0.25, -0.2) is 4.98 Å². The molecule has 0 radical (unpaired) electrons. The predicted octanol–water partition coefficient (Wildman–Crippen LogP) is 2.86. The highest BCUT2D eigenvalue weighted by atomic mass is 32.1. The zero-order chi connectivity index (χ0) is 14.4. The van der Waals surface area contributed by atoms with Crippen molar-refractivity contribution in [1.29, 1.82) is 0 Å². The molecule has 0 saturated carbocycles. The predicted molar refractivity (Wildman–Crippen MR) is 83.5 cm³/mol. The molecule has 0 spiro atoms. The maximum absolute atomic E-state index is 12.1. The van der Waals surface area contributed by atoms with Crippen LogP contribution in [0.15, 0.2) is 29.8 Å². The van der Waals surface area contributed by atoms with Gasteiger partial charge in [-0.3, -0.25) is 4.79 Å². The summed E-state index contributed by atoms with van der Waals surface area (Å²) in [7, 11) is 0. The maximum atomic E-state index is 12.1. The summed E-state index contributed by atoms with van der Waals surface area (Å²) in [4.78, 5) is 16.3. The fourth-order valence-electron chi connectivity index (χ4n) is 1.99. The Kier molecular flexibility index (Phi) is 5.12. The molecule has 20 heavy (non-hydrogen) atoms. The van der Waals surface area contributed by atoms with Crippen molar-refractivity contribution in [1.82, 2.24) is 10.3 Å². The van der Waals surface area contributed by atoms with Crippen LogP contribution >= 0.6 is 11.3 Å². The summed E-state index contributed by atoms with van der Waals surface area (Å²) in [5.74, 6) is -0.0258. The molecule has 0 bridgehead atoms. The number of aromatic nitrogens is 1. The number of amides is 1. The molecule has 0 saturated heterocycles. The van der Waals surface area contributed by atoms with Crippen LogP contribution in [0, 0.1) is 6.92 Å². The van der Waals surface area contributed by atoms with Crippen LogP contribution in [-0.4, -0.2) is 24.0 Å². The van der Waals surface area contributed by atoms with Gasteiger partial charge >= 0.3 is 0 Å². The van der Waals surface area contributed by atoms with Gasteiger partial charge in [0.1, 0.15) is 0 Å². The Morgan fingerprint density at radius 1 is 1.40 bits per heavy atom. The number of benzene rings is 1. The molecule has 5 heteroatoms. The van der Waals surface area contributed by atoms with Crippen molar-refractivity contribution in [2.75, 3.05) is 18.4 Å². The number of thiazole rings is 1. The third-order valence-corrected chi connectivity index (χ3v) is 3.80. The van der Waals surface area contributed by atoms with Gasteiger partial charge in [0.05, 0.1) is 5.01 Å². The van der Waals surface area contributed by atoms with Crippen LogP contribution in [0.4, 0.5) is 5.69 Å². The fraction of sp³-hybridized carbons (Fsp3) is 0.333. The molecule has 1 amide bonds. The molecule has 4 nitrogen and oxygen atoms in total. The van der Waals surface area contributed by atoms with E-state index in [0.717, 1.165) is 34.8 Å². The van der Waals surface area contributed by atoms with E-state index in [2.05, 4.69) is 22.5 Å². The van der Waals surface area contributed by atoms with Crippen LogP contribution in [0.25, 0.3) is 0 Å². The van der Waals surface area contributed by atoms with E-state index in [-0.39, 0.29) is 5.91 Å². The van der Waals surface area contributed by atoms with Gasteiger partial charge in [0, 0.05) is 42.3 Å². The Morgan fingerprint density at radius 3 is 2.90 bits per heavy atom. The summed E-state index contributed by atoms with van der Waals surface area (Å²) in [5.41, 5.74) is 2.75. The Morgan fingerprint density at radius 2 is 2.25 bits per heavy atom. The van der Waals surface area contributed by atoms with E-state index in [9.17, 15) is 4.79 Å². The first-order valence-corrected chi connectivity index (χ1v) is 7.59. The van der Waals surface area contributed by atoms with Crippen molar-refractivity contribution in [3.8, 4) is 0 Å². The lowest BCUT2D eigenvalue weighted by molar-refractivity contribution is 0.0953. The number of carbonyl (C=O) groups is 1. The molecular formula is C15H19N3OS. The maximum Gasteiger partial charge on any atom is 0.251 e. The number of nitrogens with zero attached hydrogens (tertiary/aromatic N) is 1.